The Morgan fingerprint density at radius 3 is 2.00 bits per heavy atom. The Bertz CT molecular complexity index is 106. The van der Waals surface area contributed by atoms with Crippen molar-refractivity contribution in [1.82, 2.24) is 0 Å². The van der Waals surface area contributed by atoms with Crippen molar-refractivity contribution in [2.24, 2.45) is 11.8 Å². The van der Waals surface area contributed by atoms with E-state index in [-0.39, 0.29) is 13.5 Å². The highest BCUT2D eigenvalue weighted by Gasteiger charge is 2.30. The molecule has 1 N–H and O–H groups in total. The van der Waals surface area contributed by atoms with Gasteiger partial charge in [0.25, 0.3) is 0 Å². The lowest BCUT2D eigenvalue weighted by Gasteiger charge is -2.36. The summed E-state index contributed by atoms with van der Waals surface area (Å²) in [5.74, 6) is 1.75. The van der Waals surface area contributed by atoms with Gasteiger partial charge in [-0.05, 0) is 31.1 Å². The van der Waals surface area contributed by atoms with Crippen molar-refractivity contribution >= 4 is 0 Å². The Labute approximate surface area is 69.8 Å². The molecule has 0 saturated heterocycles. The molecule has 2 unspecified atom stereocenters. The zero-order chi connectivity index (χ0) is 6.97. The molecule has 2 bridgehead atoms. The van der Waals surface area contributed by atoms with Crippen LogP contribution in [0.25, 0.3) is 0 Å². The lowest BCUT2D eigenvalue weighted by molar-refractivity contribution is 0.0457. The number of aliphatic hydroxyl groups excluding tert-OH is 1. The summed E-state index contributed by atoms with van der Waals surface area (Å²) < 4.78 is 0. The molecule has 0 aromatic rings. The van der Waals surface area contributed by atoms with E-state index in [2.05, 4.69) is 0 Å². The molecule has 1 heteroatoms. The first-order valence-corrected chi connectivity index (χ1v) is 4.52. The van der Waals surface area contributed by atoms with Crippen LogP contribution in [0.4, 0.5) is 0 Å². The molecular formula is C10H20O. The monoisotopic (exact) mass is 156 g/mol. The van der Waals surface area contributed by atoms with Crippen molar-refractivity contribution in [2.75, 3.05) is 0 Å². The fourth-order valence-electron chi connectivity index (χ4n) is 2.70. The van der Waals surface area contributed by atoms with Gasteiger partial charge in [-0.3, -0.25) is 0 Å². The van der Waals surface area contributed by atoms with Crippen molar-refractivity contribution in [3.05, 3.63) is 0 Å². The summed E-state index contributed by atoms with van der Waals surface area (Å²) in [5.41, 5.74) is 0. The molecule has 0 aliphatic heterocycles. The molecule has 1 nitrogen and oxygen atoms in total. The number of rotatable bonds is 0. The highest BCUT2D eigenvalue weighted by Crippen LogP contribution is 2.39. The van der Waals surface area contributed by atoms with E-state index in [1.54, 1.807) is 0 Å². The minimum atomic E-state index is 0. The van der Waals surface area contributed by atoms with Crippen LogP contribution >= 0.6 is 0 Å². The van der Waals surface area contributed by atoms with Gasteiger partial charge in [0.05, 0.1) is 6.10 Å². The molecule has 0 radical (unpaired) electrons. The quantitative estimate of drug-likeness (QED) is 0.571. The van der Waals surface area contributed by atoms with Crippen LogP contribution in [-0.2, 0) is 0 Å². The third kappa shape index (κ3) is 1.96. The topological polar surface area (TPSA) is 20.2 Å². The molecule has 0 heterocycles. The van der Waals surface area contributed by atoms with E-state index in [1.165, 1.54) is 25.7 Å². The summed E-state index contributed by atoms with van der Waals surface area (Å²) in [7, 11) is 0. The lowest BCUT2D eigenvalue weighted by Crippen LogP contribution is -2.29. The predicted molar refractivity (Wildman–Crippen MR) is 47.4 cm³/mol. The minimum absolute atomic E-state index is 0. The molecule has 2 aliphatic carbocycles. The first-order chi connectivity index (χ1) is 4.84. The smallest absolute Gasteiger partial charge is 0.0545 e. The molecule has 11 heavy (non-hydrogen) atoms. The molecule has 2 aliphatic rings. The largest absolute Gasteiger partial charge is 0.393 e. The van der Waals surface area contributed by atoms with Crippen LogP contribution in [0.3, 0.4) is 0 Å². The zero-order valence-corrected chi connectivity index (χ0v) is 6.42. The molecule has 2 fully saturated rings. The maximum Gasteiger partial charge on any atom is 0.0545 e. The van der Waals surface area contributed by atoms with Crippen LogP contribution < -0.4 is 0 Å². The van der Waals surface area contributed by atoms with Gasteiger partial charge in [-0.2, -0.15) is 0 Å². The van der Waals surface area contributed by atoms with Crippen molar-refractivity contribution < 1.29 is 5.11 Å². The van der Waals surface area contributed by atoms with Crippen LogP contribution in [0, 0.1) is 11.8 Å². The number of hydrogen-bond donors (Lipinski definition) is 1. The van der Waals surface area contributed by atoms with E-state index < -0.39 is 0 Å². The van der Waals surface area contributed by atoms with Gasteiger partial charge >= 0.3 is 0 Å². The summed E-state index contributed by atoms with van der Waals surface area (Å²) in [6.45, 7) is 0. The van der Waals surface area contributed by atoms with Crippen LogP contribution in [-0.4, -0.2) is 11.2 Å². The first kappa shape index (κ1) is 9.05. The highest BCUT2D eigenvalue weighted by atomic mass is 16.3. The van der Waals surface area contributed by atoms with Crippen LogP contribution in [0.2, 0.25) is 0 Å². The molecule has 0 spiro atoms. The second kappa shape index (κ2) is 3.57. The third-order valence-corrected chi connectivity index (χ3v) is 3.10. The minimum Gasteiger partial charge on any atom is -0.393 e. The molecule has 0 aromatic heterocycles. The van der Waals surface area contributed by atoms with Crippen LogP contribution in [0.1, 0.15) is 46.0 Å². The van der Waals surface area contributed by atoms with E-state index in [1.807, 2.05) is 0 Å². The zero-order valence-electron chi connectivity index (χ0n) is 6.42. The lowest BCUT2D eigenvalue weighted by atomic mass is 9.71. The fourth-order valence-corrected chi connectivity index (χ4v) is 2.70. The van der Waals surface area contributed by atoms with E-state index in [0.717, 1.165) is 24.7 Å². The predicted octanol–water partition coefficient (Wildman–Crippen LogP) is 2.58. The normalized spacial score (nSPS) is 42.8. The second-order valence-corrected chi connectivity index (χ2v) is 4.02. The molecule has 2 saturated carbocycles. The van der Waals surface area contributed by atoms with Gasteiger partial charge < -0.3 is 5.11 Å². The Morgan fingerprint density at radius 1 is 0.909 bits per heavy atom. The second-order valence-electron chi connectivity index (χ2n) is 4.02. The standard InChI is InChI=1S/C9H16O.CH4/c10-9-5-7-2-1-3-8(4-7)6-9;/h7-10H,1-6H2;1H4. The molecule has 2 rings (SSSR count). The van der Waals surface area contributed by atoms with E-state index in [4.69, 9.17) is 0 Å². The average molecular weight is 156 g/mol. The maximum absolute atomic E-state index is 9.42. The van der Waals surface area contributed by atoms with Gasteiger partial charge in [-0.1, -0.05) is 26.7 Å². The summed E-state index contributed by atoms with van der Waals surface area (Å²) in [6, 6.07) is 0. The Balaban J connectivity index is 0.000000605. The Kier molecular flexibility index (Phi) is 2.94. The summed E-state index contributed by atoms with van der Waals surface area (Å²) in [4.78, 5) is 0. The van der Waals surface area contributed by atoms with Crippen molar-refractivity contribution in [2.45, 2.75) is 52.1 Å². The highest BCUT2D eigenvalue weighted by molar-refractivity contribution is 4.82. The van der Waals surface area contributed by atoms with Gasteiger partial charge in [-0.15, -0.1) is 0 Å². The van der Waals surface area contributed by atoms with Crippen molar-refractivity contribution in [3.8, 4) is 0 Å². The first-order valence-electron chi connectivity index (χ1n) is 4.52. The Morgan fingerprint density at radius 2 is 1.45 bits per heavy atom. The number of hydrogen-bond acceptors (Lipinski definition) is 1. The van der Waals surface area contributed by atoms with Gasteiger partial charge in [-0.25, -0.2) is 0 Å². The average Bonchev–Trinajstić information content (AvgIpc) is 1.85. The summed E-state index contributed by atoms with van der Waals surface area (Å²) in [5, 5.41) is 9.42. The SMILES string of the molecule is C.OC1CC2CCCC(C1)C2. The fraction of sp³-hybridized carbons (Fsp3) is 1.00. The number of fused-ring (bicyclic) bond motifs is 2. The van der Waals surface area contributed by atoms with Crippen molar-refractivity contribution in [3.63, 3.8) is 0 Å². The molecular weight excluding hydrogens is 136 g/mol. The van der Waals surface area contributed by atoms with Crippen molar-refractivity contribution in [1.29, 1.82) is 0 Å². The van der Waals surface area contributed by atoms with E-state index in [0.29, 0.717) is 0 Å². The third-order valence-electron chi connectivity index (χ3n) is 3.10. The van der Waals surface area contributed by atoms with Gasteiger partial charge in [0.15, 0.2) is 0 Å². The van der Waals surface area contributed by atoms with Gasteiger partial charge in [0.1, 0.15) is 0 Å². The molecule has 0 aromatic carbocycles. The Hall–Kier alpha value is -0.0400. The molecule has 0 amide bonds. The van der Waals surface area contributed by atoms with E-state index >= 15 is 0 Å². The van der Waals surface area contributed by atoms with E-state index in [9.17, 15) is 5.11 Å². The molecule has 66 valence electrons. The van der Waals surface area contributed by atoms with Crippen LogP contribution in [0.15, 0.2) is 0 Å². The van der Waals surface area contributed by atoms with Gasteiger partial charge in [0, 0.05) is 0 Å². The maximum atomic E-state index is 9.42. The van der Waals surface area contributed by atoms with Gasteiger partial charge in [0.2, 0.25) is 0 Å². The molecule has 2 atom stereocenters. The van der Waals surface area contributed by atoms with Crippen LogP contribution in [0.5, 0.6) is 0 Å². The number of aliphatic hydroxyl groups is 1. The summed E-state index contributed by atoms with van der Waals surface area (Å²) in [6.07, 6.45) is 7.83. The summed E-state index contributed by atoms with van der Waals surface area (Å²) >= 11 is 0.